The number of carboxylic acid groups (broad SMARTS) is 1. The third-order valence-electron chi connectivity index (χ3n) is 2.26. The van der Waals surface area contributed by atoms with Crippen molar-refractivity contribution in [2.45, 2.75) is 24.9 Å². The standard InChI is InChI=1S/C8H10F3NO5S/c1-5-4-6(2-3-12(5)7(13)14)17-18(15,16)8(9,10)11/h4-5H,2-3H2,1H3,(H,13,14)/t5-/m1/s1. The number of halogens is 3. The van der Waals surface area contributed by atoms with Crippen LogP contribution in [0.4, 0.5) is 18.0 Å². The summed E-state index contributed by atoms with van der Waals surface area (Å²) in [5.41, 5.74) is -5.50. The van der Waals surface area contributed by atoms with Gasteiger partial charge in [-0.15, -0.1) is 0 Å². The Hall–Kier alpha value is -1.45. The van der Waals surface area contributed by atoms with Gasteiger partial charge in [-0.1, -0.05) is 0 Å². The smallest absolute Gasteiger partial charge is 0.465 e. The third kappa shape index (κ3) is 3.06. The lowest BCUT2D eigenvalue weighted by Crippen LogP contribution is -2.40. The molecule has 1 rings (SSSR count). The zero-order chi connectivity index (χ0) is 14.1. The van der Waals surface area contributed by atoms with Crippen LogP contribution in [0.5, 0.6) is 0 Å². The lowest BCUT2D eigenvalue weighted by atomic mass is 10.1. The van der Waals surface area contributed by atoms with Gasteiger partial charge in [-0.2, -0.15) is 21.6 Å². The first-order valence-corrected chi connectivity index (χ1v) is 6.16. The Bertz CT molecular complexity index is 470. The number of alkyl halides is 3. The van der Waals surface area contributed by atoms with E-state index in [0.29, 0.717) is 0 Å². The van der Waals surface area contributed by atoms with E-state index in [2.05, 4.69) is 4.18 Å². The Morgan fingerprint density at radius 1 is 1.56 bits per heavy atom. The van der Waals surface area contributed by atoms with E-state index in [-0.39, 0.29) is 13.0 Å². The molecule has 0 radical (unpaired) electrons. The average molecular weight is 289 g/mol. The molecule has 0 aromatic carbocycles. The van der Waals surface area contributed by atoms with Gasteiger partial charge in [-0.3, -0.25) is 0 Å². The summed E-state index contributed by atoms with van der Waals surface area (Å²) in [7, 11) is -5.69. The van der Waals surface area contributed by atoms with Gasteiger partial charge in [0.05, 0.1) is 6.04 Å². The van der Waals surface area contributed by atoms with Crippen molar-refractivity contribution in [3.05, 3.63) is 11.8 Å². The summed E-state index contributed by atoms with van der Waals surface area (Å²) in [6.07, 6.45) is -0.441. The first-order chi connectivity index (χ1) is 8.04. The molecule has 18 heavy (non-hydrogen) atoms. The number of amides is 1. The molecule has 0 saturated carbocycles. The number of carbonyl (C=O) groups is 1. The summed E-state index contributed by atoms with van der Waals surface area (Å²) in [6, 6.07) is -0.755. The Kier molecular flexibility index (Phi) is 3.79. The van der Waals surface area contributed by atoms with E-state index >= 15 is 0 Å². The summed E-state index contributed by atoms with van der Waals surface area (Å²) < 4.78 is 61.5. The fraction of sp³-hybridized carbons (Fsp3) is 0.625. The predicted octanol–water partition coefficient (Wildman–Crippen LogP) is 1.51. The van der Waals surface area contributed by atoms with Crippen LogP contribution in [0.3, 0.4) is 0 Å². The van der Waals surface area contributed by atoms with Crippen molar-refractivity contribution in [1.82, 2.24) is 4.90 Å². The average Bonchev–Trinajstić information content (AvgIpc) is 2.14. The Labute approximate surface area is 101 Å². The van der Waals surface area contributed by atoms with Gasteiger partial charge < -0.3 is 14.2 Å². The first-order valence-electron chi connectivity index (χ1n) is 4.75. The number of rotatable bonds is 2. The van der Waals surface area contributed by atoms with Gasteiger partial charge in [0.15, 0.2) is 0 Å². The molecule has 104 valence electrons. The molecule has 0 spiro atoms. The van der Waals surface area contributed by atoms with Crippen molar-refractivity contribution in [1.29, 1.82) is 0 Å². The molecule has 1 aliphatic heterocycles. The second kappa shape index (κ2) is 4.67. The fourth-order valence-corrected chi connectivity index (χ4v) is 1.92. The van der Waals surface area contributed by atoms with E-state index in [0.717, 1.165) is 11.0 Å². The molecule has 0 aromatic heterocycles. The van der Waals surface area contributed by atoms with Gasteiger partial charge in [-0.25, -0.2) is 4.79 Å². The summed E-state index contributed by atoms with van der Waals surface area (Å²) in [5, 5.41) is 8.71. The quantitative estimate of drug-likeness (QED) is 0.615. The van der Waals surface area contributed by atoms with Crippen molar-refractivity contribution in [3.63, 3.8) is 0 Å². The molecule has 0 bridgehead atoms. The summed E-state index contributed by atoms with van der Waals surface area (Å²) in [6.45, 7) is 1.27. The highest BCUT2D eigenvalue weighted by molar-refractivity contribution is 7.87. The maximum absolute atomic E-state index is 12.0. The van der Waals surface area contributed by atoms with Crippen LogP contribution in [0.2, 0.25) is 0 Å². The normalized spacial score (nSPS) is 21.4. The summed E-state index contributed by atoms with van der Waals surface area (Å²) in [4.78, 5) is 11.6. The molecule has 1 atom stereocenters. The third-order valence-corrected chi connectivity index (χ3v) is 3.26. The number of nitrogens with zero attached hydrogens (tertiary/aromatic N) is 1. The maximum Gasteiger partial charge on any atom is 0.534 e. The van der Waals surface area contributed by atoms with E-state index in [4.69, 9.17) is 5.11 Å². The van der Waals surface area contributed by atoms with Crippen LogP contribution in [-0.4, -0.2) is 42.6 Å². The van der Waals surface area contributed by atoms with Crippen molar-refractivity contribution in [2.24, 2.45) is 0 Å². The zero-order valence-electron chi connectivity index (χ0n) is 9.14. The molecule has 1 amide bonds. The van der Waals surface area contributed by atoms with Gasteiger partial charge in [0.25, 0.3) is 0 Å². The van der Waals surface area contributed by atoms with Gasteiger partial charge in [0, 0.05) is 13.0 Å². The molecule has 1 heterocycles. The van der Waals surface area contributed by atoms with Crippen LogP contribution >= 0.6 is 0 Å². The van der Waals surface area contributed by atoms with E-state index in [1.165, 1.54) is 6.92 Å². The highest BCUT2D eigenvalue weighted by Crippen LogP contribution is 2.29. The van der Waals surface area contributed by atoms with E-state index < -0.39 is 33.5 Å². The topological polar surface area (TPSA) is 83.9 Å². The second-order valence-corrected chi connectivity index (χ2v) is 5.12. The molecule has 6 nitrogen and oxygen atoms in total. The molecule has 0 aliphatic carbocycles. The van der Waals surface area contributed by atoms with Crippen LogP contribution in [0, 0.1) is 0 Å². The Morgan fingerprint density at radius 2 is 2.11 bits per heavy atom. The lowest BCUT2D eigenvalue weighted by molar-refractivity contribution is -0.0525. The first kappa shape index (κ1) is 14.6. The van der Waals surface area contributed by atoms with E-state index in [9.17, 15) is 26.4 Å². The van der Waals surface area contributed by atoms with Gasteiger partial charge >= 0.3 is 21.7 Å². The zero-order valence-corrected chi connectivity index (χ0v) is 9.95. The van der Waals surface area contributed by atoms with Crippen LogP contribution in [0.1, 0.15) is 13.3 Å². The van der Waals surface area contributed by atoms with Crippen LogP contribution in [-0.2, 0) is 14.3 Å². The van der Waals surface area contributed by atoms with Gasteiger partial charge in [-0.05, 0) is 13.0 Å². The van der Waals surface area contributed by atoms with Crippen molar-refractivity contribution in [3.8, 4) is 0 Å². The van der Waals surface area contributed by atoms with Crippen molar-refractivity contribution >= 4 is 16.2 Å². The van der Waals surface area contributed by atoms with Crippen molar-refractivity contribution < 1.29 is 35.7 Å². The van der Waals surface area contributed by atoms with Gasteiger partial charge in [0.1, 0.15) is 5.76 Å². The molecule has 0 unspecified atom stereocenters. The number of hydrogen-bond donors (Lipinski definition) is 1. The second-order valence-electron chi connectivity index (χ2n) is 3.58. The van der Waals surface area contributed by atoms with Crippen LogP contribution in [0.25, 0.3) is 0 Å². The van der Waals surface area contributed by atoms with Crippen LogP contribution < -0.4 is 0 Å². The highest BCUT2D eigenvalue weighted by Gasteiger charge is 2.49. The molecule has 0 saturated heterocycles. The molecule has 1 N–H and O–H groups in total. The Morgan fingerprint density at radius 3 is 2.50 bits per heavy atom. The Balaban J connectivity index is 2.84. The molecule has 0 aromatic rings. The van der Waals surface area contributed by atoms with Crippen LogP contribution in [0.15, 0.2) is 11.8 Å². The van der Waals surface area contributed by atoms with E-state index in [1.54, 1.807) is 0 Å². The molecule has 10 heteroatoms. The summed E-state index contributed by atoms with van der Waals surface area (Å²) in [5.74, 6) is -0.405. The minimum absolute atomic E-state index is 0.129. The minimum Gasteiger partial charge on any atom is -0.465 e. The lowest BCUT2D eigenvalue weighted by Gasteiger charge is -2.29. The van der Waals surface area contributed by atoms with Gasteiger partial charge in [0.2, 0.25) is 0 Å². The monoisotopic (exact) mass is 289 g/mol. The van der Waals surface area contributed by atoms with E-state index in [1.807, 2.05) is 0 Å². The molecule has 1 aliphatic rings. The molecular formula is C8H10F3NO5S. The van der Waals surface area contributed by atoms with Crippen molar-refractivity contribution in [2.75, 3.05) is 6.54 Å². The largest absolute Gasteiger partial charge is 0.534 e. The fourth-order valence-electron chi connectivity index (χ4n) is 1.40. The predicted molar refractivity (Wildman–Crippen MR) is 53.0 cm³/mol. The molecular weight excluding hydrogens is 279 g/mol. The minimum atomic E-state index is -5.69. The summed E-state index contributed by atoms with van der Waals surface area (Å²) >= 11 is 0. The molecule has 0 fully saturated rings. The SMILES string of the molecule is C[C@@H]1C=C(OS(=O)(=O)C(F)(F)F)CCN1C(=O)O. The maximum atomic E-state index is 12.0. The highest BCUT2D eigenvalue weighted by atomic mass is 32.2. The number of hydrogen-bond acceptors (Lipinski definition) is 4.